The third-order valence-electron chi connectivity index (χ3n) is 4.52. The van der Waals surface area contributed by atoms with Gasteiger partial charge in [-0.25, -0.2) is 4.79 Å². The van der Waals surface area contributed by atoms with E-state index in [-0.39, 0.29) is 23.8 Å². The maximum atomic E-state index is 12.4. The summed E-state index contributed by atoms with van der Waals surface area (Å²) >= 11 is 1.22. The van der Waals surface area contributed by atoms with E-state index >= 15 is 0 Å². The Morgan fingerprint density at radius 1 is 1.06 bits per heavy atom. The van der Waals surface area contributed by atoms with E-state index in [0.29, 0.717) is 22.0 Å². The zero-order valence-corrected chi connectivity index (χ0v) is 18.4. The van der Waals surface area contributed by atoms with Crippen molar-refractivity contribution in [2.24, 2.45) is 0 Å². The second-order valence-corrected chi connectivity index (χ2v) is 7.82. The summed E-state index contributed by atoms with van der Waals surface area (Å²) in [5.74, 6) is -0.593. The van der Waals surface area contributed by atoms with Crippen LogP contribution in [-0.4, -0.2) is 34.0 Å². The molecule has 160 valence electrons. The van der Waals surface area contributed by atoms with Crippen LogP contribution in [0.1, 0.15) is 28.4 Å². The first-order valence-corrected chi connectivity index (χ1v) is 10.7. The molecule has 0 radical (unpaired) electrons. The second-order valence-electron chi connectivity index (χ2n) is 6.83. The fourth-order valence-corrected chi connectivity index (χ4v) is 3.44. The summed E-state index contributed by atoms with van der Waals surface area (Å²) in [7, 11) is 0. The Morgan fingerprint density at radius 2 is 1.87 bits per heavy atom. The molecule has 1 aromatic heterocycles. The van der Waals surface area contributed by atoms with Gasteiger partial charge in [-0.1, -0.05) is 23.9 Å². The molecule has 0 saturated heterocycles. The number of esters is 1. The minimum Gasteiger partial charge on any atom is -0.462 e. The van der Waals surface area contributed by atoms with Gasteiger partial charge in [-0.2, -0.15) is 9.78 Å². The summed E-state index contributed by atoms with van der Waals surface area (Å²) in [4.78, 5) is 36.4. The summed E-state index contributed by atoms with van der Waals surface area (Å²) in [5.41, 5.74) is 3.50. The highest BCUT2D eigenvalue weighted by Crippen LogP contribution is 2.17. The lowest BCUT2D eigenvalue weighted by atomic mass is 10.1. The summed E-state index contributed by atoms with van der Waals surface area (Å²) in [6.45, 7) is 5.99. The van der Waals surface area contributed by atoms with Crippen LogP contribution in [0.3, 0.4) is 0 Å². The molecule has 0 fully saturated rings. The van der Waals surface area contributed by atoms with Gasteiger partial charge >= 0.3 is 5.97 Å². The number of aromatic nitrogens is 2. The molecule has 0 aliphatic rings. The SMILES string of the molecule is CCOC(=O)c1cccc(NC(=O)CSc2ccc(=O)n(-c3ccc(C)c(C)c3)n2)c1. The summed E-state index contributed by atoms with van der Waals surface area (Å²) < 4.78 is 6.30. The van der Waals surface area contributed by atoms with Gasteiger partial charge in [-0.3, -0.25) is 9.59 Å². The minimum absolute atomic E-state index is 0.0990. The van der Waals surface area contributed by atoms with E-state index in [1.807, 2.05) is 32.0 Å². The number of aryl methyl sites for hydroxylation is 2. The third-order valence-corrected chi connectivity index (χ3v) is 5.44. The first-order valence-electron chi connectivity index (χ1n) is 9.75. The lowest BCUT2D eigenvalue weighted by Crippen LogP contribution is -2.21. The summed E-state index contributed by atoms with van der Waals surface area (Å²) in [6, 6.07) is 15.3. The third kappa shape index (κ3) is 5.82. The van der Waals surface area contributed by atoms with Crippen molar-refractivity contribution >= 4 is 29.3 Å². The quantitative estimate of drug-likeness (QED) is 0.447. The highest BCUT2D eigenvalue weighted by atomic mass is 32.2. The monoisotopic (exact) mass is 437 g/mol. The molecule has 0 aliphatic carbocycles. The number of hydrogen-bond donors (Lipinski definition) is 1. The van der Waals surface area contributed by atoms with Gasteiger partial charge in [-0.05, 0) is 68.3 Å². The Balaban J connectivity index is 1.67. The van der Waals surface area contributed by atoms with Gasteiger partial charge in [0.1, 0.15) is 5.03 Å². The number of carbonyl (C=O) groups is 2. The van der Waals surface area contributed by atoms with E-state index in [9.17, 15) is 14.4 Å². The van der Waals surface area contributed by atoms with E-state index in [1.54, 1.807) is 37.3 Å². The van der Waals surface area contributed by atoms with Gasteiger partial charge in [0.05, 0.1) is 23.6 Å². The Hall–Kier alpha value is -3.39. The highest BCUT2D eigenvalue weighted by molar-refractivity contribution is 7.99. The van der Waals surface area contributed by atoms with Crippen LogP contribution in [0.25, 0.3) is 5.69 Å². The van der Waals surface area contributed by atoms with Crippen molar-refractivity contribution in [2.75, 3.05) is 17.7 Å². The van der Waals surface area contributed by atoms with Crippen molar-refractivity contribution in [1.29, 1.82) is 0 Å². The number of nitrogens with zero attached hydrogens (tertiary/aromatic N) is 2. The van der Waals surface area contributed by atoms with Crippen LogP contribution in [0.15, 0.2) is 64.4 Å². The summed E-state index contributed by atoms with van der Waals surface area (Å²) in [5, 5.41) is 7.68. The molecule has 0 aliphatic heterocycles. The molecule has 0 spiro atoms. The predicted octanol–water partition coefficient (Wildman–Crippen LogP) is 3.76. The van der Waals surface area contributed by atoms with Crippen LogP contribution in [0.4, 0.5) is 5.69 Å². The number of amides is 1. The van der Waals surface area contributed by atoms with E-state index in [2.05, 4.69) is 10.4 Å². The van der Waals surface area contributed by atoms with Crippen LogP contribution in [0.5, 0.6) is 0 Å². The first-order chi connectivity index (χ1) is 14.9. The second kappa shape index (κ2) is 10.1. The average Bonchev–Trinajstić information content (AvgIpc) is 2.75. The smallest absolute Gasteiger partial charge is 0.338 e. The highest BCUT2D eigenvalue weighted by Gasteiger charge is 2.10. The van der Waals surface area contributed by atoms with Crippen molar-refractivity contribution in [1.82, 2.24) is 9.78 Å². The number of anilines is 1. The normalized spacial score (nSPS) is 10.5. The number of benzene rings is 2. The van der Waals surface area contributed by atoms with Crippen molar-refractivity contribution in [3.63, 3.8) is 0 Å². The van der Waals surface area contributed by atoms with Crippen LogP contribution < -0.4 is 10.9 Å². The molecule has 2 aromatic carbocycles. The fourth-order valence-electron chi connectivity index (χ4n) is 2.79. The first kappa shape index (κ1) is 22.3. The Labute approximate surface area is 184 Å². The molecule has 0 unspecified atom stereocenters. The number of thioether (sulfide) groups is 1. The molecular formula is C23H23N3O4S. The van der Waals surface area contributed by atoms with Crippen molar-refractivity contribution in [3.8, 4) is 5.69 Å². The Bertz CT molecular complexity index is 1170. The molecule has 0 atom stereocenters. The average molecular weight is 438 g/mol. The standard InChI is InChI=1S/C23H23N3O4S/c1-4-30-23(29)17-6-5-7-18(13-17)24-20(27)14-31-21-10-11-22(28)26(25-21)19-9-8-15(2)16(3)12-19/h5-13H,4,14H2,1-3H3,(H,24,27). The minimum atomic E-state index is -0.439. The van der Waals surface area contributed by atoms with Gasteiger partial charge in [0, 0.05) is 11.8 Å². The predicted molar refractivity (Wildman–Crippen MR) is 121 cm³/mol. The summed E-state index contributed by atoms with van der Waals surface area (Å²) in [6.07, 6.45) is 0. The molecule has 1 heterocycles. The lowest BCUT2D eigenvalue weighted by Gasteiger charge is -2.09. The molecule has 3 aromatic rings. The van der Waals surface area contributed by atoms with Crippen molar-refractivity contribution in [3.05, 3.63) is 81.6 Å². The van der Waals surface area contributed by atoms with E-state index in [1.165, 1.54) is 22.5 Å². The molecule has 8 heteroatoms. The van der Waals surface area contributed by atoms with Gasteiger partial charge in [0.25, 0.3) is 5.56 Å². The van der Waals surface area contributed by atoms with E-state index < -0.39 is 5.97 Å². The Morgan fingerprint density at radius 3 is 2.61 bits per heavy atom. The fraction of sp³-hybridized carbons (Fsp3) is 0.217. The zero-order chi connectivity index (χ0) is 22.4. The molecule has 1 N–H and O–H groups in total. The number of carbonyl (C=O) groups excluding carboxylic acids is 2. The number of nitrogens with one attached hydrogen (secondary N) is 1. The topological polar surface area (TPSA) is 90.3 Å². The van der Waals surface area contributed by atoms with Gasteiger partial charge in [0.2, 0.25) is 5.91 Å². The molecule has 3 rings (SSSR count). The van der Waals surface area contributed by atoms with E-state index in [4.69, 9.17) is 4.74 Å². The van der Waals surface area contributed by atoms with E-state index in [0.717, 1.165) is 11.1 Å². The van der Waals surface area contributed by atoms with Gasteiger partial charge in [-0.15, -0.1) is 0 Å². The zero-order valence-electron chi connectivity index (χ0n) is 17.5. The maximum absolute atomic E-state index is 12.4. The molecular weight excluding hydrogens is 414 g/mol. The molecule has 31 heavy (non-hydrogen) atoms. The van der Waals surface area contributed by atoms with Crippen LogP contribution in [0.2, 0.25) is 0 Å². The van der Waals surface area contributed by atoms with Crippen LogP contribution in [-0.2, 0) is 9.53 Å². The van der Waals surface area contributed by atoms with Gasteiger partial charge in [0.15, 0.2) is 0 Å². The largest absolute Gasteiger partial charge is 0.462 e. The lowest BCUT2D eigenvalue weighted by molar-refractivity contribution is -0.113. The van der Waals surface area contributed by atoms with Crippen LogP contribution in [0, 0.1) is 13.8 Å². The number of rotatable bonds is 7. The van der Waals surface area contributed by atoms with Crippen molar-refractivity contribution in [2.45, 2.75) is 25.8 Å². The van der Waals surface area contributed by atoms with Gasteiger partial charge < -0.3 is 10.1 Å². The van der Waals surface area contributed by atoms with Crippen LogP contribution >= 0.6 is 11.8 Å². The number of ether oxygens (including phenoxy) is 1. The molecule has 0 saturated carbocycles. The molecule has 0 bridgehead atoms. The molecule has 7 nitrogen and oxygen atoms in total. The number of hydrogen-bond acceptors (Lipinski definition) is 6. The van der Waals surface area contributed by atoms with Crippen molar-refractivity contribution < 1.29 is 14.3 Å². The molecule has 1 amide bonds. The maximum Gasteiger partial charge on any atom is 0.338 e. The Kier molecular flexibility index (Phi) is 7.25.